The largest absolute Gasteiger partial charge is 0.311 e. The number of benzene rings is 1. The number of hydrogen-bond donors (Lipinski definition) is 1. The first-order valence-corrected chi connectivity index (χ1v) is 5.59. The van der Waals surface area contributed by atoms with E-state index in [1.807, 2.05) is 0 Å². The number of rotatable bonds is 3. The van der Waals surface area contributed by atoms with Gasteiger partial charge >= 0.3 is 0 Å². The number of likely N-dealkylation sites (N-methyl/N-ethyl adjacent to an activating group) is 2. The van der Waals surface area contributed by atoms with Crippen molar-refractivity contribution in [2.75, 3.05) is 19.0 Å². The molecule has 0 bridgehead atoms. The van der Waals surface area contributed by atoms with Gasteiger partial charge in [-0.15, -0.1) is 0 Å². The molecule has 1 rings (SSSR count). The van der Waals surface area contributed by atoms with E-state index in [-0.39, 0.29) is 11.6 Å². The highest BCUT2D eigenvalue weighted by Crippen LogP contribution is 2.24. The Kier molecular flexibility index (Phi) is 4.11. The van der Waals surface area contributed by atoms with E-state index in [2.05, 4.69) is 5.32 Å². The van der Waals surface area contributed by atoms with E-state index < -0.39 is 11.4 Å². The van der Waals surface area contributed by atoms with E-state index in [0.29, 0.717) is 5.02 Å². The zero-order valence-electron chi connectivity index (χ0n) is 10.3. The molecule has 0 spiro atoms. The lowest BCUT2D eigenvalue weighted by molar-refractivity contribution is -0.123. The van der Waals surface area contributed by atoms with Crippen LogP contribution in [0.25, 0.3) is 0 Å². The molecular weight excluding hydrogens is 243 g/mol. The Morgan fingerprint density at radius 2 is 2.06 bits per heavy atom. The molecule has 0 unspecified atom stereocenters. The number of amides is 1. The van der Waals surface area contributed by atoms with Crippen LogP contribution in [0.2, 0.25) is 5.02 Å². The quantitative estimate of drug-likeness (QED) is 0.903. The summed E-state index contributed by atoms with van der Waals surface area (Å²) in [4.78, 5) is 13.4. The number of nitrogens with one attached hydrogen (secondary N) is 1. The molecule has 17 heavy (non-hydrogen) atoms. The first-order chi connectivity index (χ1) is 7.79. The van der Waals surface area contributed by atoms with Crippen molar-refractivity contribution in [1.82, 2.24) is 5.32 Å². The van der Waals surface area contributed by atoms with Gasteiger partial charge in [-0.05, 0) is 39.1 Å². The van der Waals surface area contributed by atoms with Crippen molar-refractivity contribution in [1.29, 1.82) is 0 Å². The lowest BCUT2D eigenvalue weighted by atomic mass is 10.0. The molecule has 0 aromatic heterocycles. The maximum atomic E-state index is 13.6. The van der Waals surface area contributed by atoms with Crippen LogP contribution in [0.3, 0.4) is 0 Å². The average molecular weight is 259 g/mol. The molecule has 0 radical (unpaired) electrons. The Hall–Kier alpha value is -1.13. The molecule has 0 heterocycles. The van der Waals surface area contributed by atoms with Crippen molar-refractivity contribution in [2.45, 2.75) is 19.4 Å². The Labute approximate surface area is 106 Å². The third-order valence-corrected chi connectivity index (χ3v) is 2.97. The minimum atomic E-state index is -0.760. The van der Waals surface area contributed by atoms with Gasteiger partial charge in [0.05, 0.1) is 11.2 Å². The summed E-state index contributed by atoms with van der Waals surface area (Å²) in [6.07, 6.45) is 0. The maximum absolute atomic E-state index is 13.6. The summed E-state index contributed by atoms with van der Waals surface area (Å²) in [5.41, 5.74) is -0.588. The molecular formula is C12H16ClFN2O. The van der Waals surface area contributed by atoms with E-state index in [1.165, 1.54) is 30.1 Å². The summed E-state index contributed by atoms with van der Waals surface area (Å²) in [5, 5.41) is 3.27. The van der Waals surface area contributed by atoms with Gasteiger partial charge in [-0.25, -0.2) is 4.39 Å². The molecule has 0 aliphatic heterocycles. The second-order valence-electron chi connectivity index (χ2n) is 4.33. The van der Waals surface area contributed by atoms with Crippen LogP contribution in [0.5, 0.6) is 0 Å². The fourth-order valence-electron chi connectivity index (χ4n) is 1.38. The van der Waals surface area contributed by atoms with Crippen LogP contribution in [0, 0.1) is 5.82 Å². The molecule has 0 atom stereocenters. The van der Waals surface area contributed by atoms with Crippen LogP contribution >= 0.6 is 11.6 Å². The Morgan fingerprint density at radius 3 is 2.59 bits per heavy atom. The average Bonchev–Trinajstić information content (AvgIpc) is 2.30. The van der Waals surface area contributed by atoms with Gasteiger partial charge in [0.1, 0.15) is 5.82 Å². The Balaban J connectivity index is 3.08. The lowest BCUT2D eigenvalue weighted by Crippen LogP contribution is -2.52. The monoisotopic (exact) mass is 258 g/mol. The number of nitrogens with zero attached hydrogens (tertiary/aromatic N) is 1. The molecule has 1 N–H and O–H groups in total. The van der Waals surface area contributed by atoms with Gasteiger partial charge in [-0.1, -0.05) is 11.6 Å². The van der Waals surface area contributed by atoms with Gasteiger partial charge in [0, 0.05) is 12.1 Å². The summed E-state index contributed by atoms with van der Waals surface area (Å²) in [6, 6.07) is 4.12. The zero-order chi connectivity index (χ0) is 13.2. The summed E-state index contributed by atoms with van der Waals surface area (Å²) in [5.74, 6) is -0.710. The first kappa shape index (κ1) is 13.9. The highest BCUT2D eigenvalue weighted by atomic mass is 35.5. The van der Waals surface area contributed by atoms with Gasteiger partial charge in [-0.3, -0.25) is 4.79 Å². The van der Waals surface area contributed by atoms with Gasteiger partial charge in [0.15, 0.2) is 0 Å². The van der Waals surface area contributed by atoms with E-state index >= 15 is 0 Å². The van der Waals surface area contributed by atoms with Crippen LogP contribution in [0.4, 0.5) is 10.1 Å². The van der Waals surface area contributed by atoms with Gasteiger partial charge < -0.3 is 10.2 Å². The summed E-state index contributed by atoms with van der Waals surface area (Å²) in [6.45, 7) is 3.46. The third kappa shape index (κ3) is 2.96. The van der Waals surface area contributed by atoms with Crippen molar-refractivity contribution >= 4 is 23.2 Å². The molecule has 5 heteroatoms. The van der Waals surface area contributed by atoms with Gasteiger partial charge in [0.2, 0.25) is 5.91 Å². The molecule has 0 fully saturated rings. The number of anilines is 1. The smallest absolute Gasteiger partial charge is 0.246 e. The predicted molar refractivity (Wildman–Crippen MR) is 68.0 cm³/mol. The van der Waals surface area contributed by atoms with Crippen molar-refractivity contribution in [3.8, 4) is 0 Å². The summed E-state index contributed by atoms with van der Waals surface area (Å²) < 4.78 is 13.6. The molecule has 0 saturated carbocycles. The second-order valence-corrected chi connectivity index (χ2v) is 4.77. The van der Waals surface area contributed by atoms with E-state index in [4.69, 9.17) is 11.6 Å². The van der Waals surface area contributed by atoms with Crippen LogP contribution < -0.4 is 10.2 Å². The van der Waals surface area contributed by atoms with Crippen molar-refractivity contribution in [3.05, 3.63) is 29.0 Å². The molecule has 1 aromatic carbocycles. The molecule has 0 aliphatic rings. The topological polar surface area (TPSA) is 32.3 Å². The Morgan fingerprint density at radius 1 is 1.47 bits per heavy atom. The molecule has 0 aliphatic carbocycles. The van der Waals surface area contributed by atoms with Crippen molar-refractivity contribution in [2.24, 2.45) is 0 Å². The molecule has 1 aromatic rings. The van der Waals surface area contributed by atoms with Crippen molar-refractivity contribution in [3.63, 3.8) is 0 Å². The third-order valence-electron chi connectivity index (χ3n) is 2.73. The maximum Gasteiger partial charge on any atom is 0.246 e. The van der Waals surface area contributed by atoms with E-state index in [1.54, 1.807) is 20.9 Å². The predicted octanol–water partition coefficient (Wildman–Crippen LogP) is 2.44. The molecule has 94 valence electrons. The van der Waals surface area contributed by atoms with E-state index in [0.717, 1.165) is 0 Å². The van der Waals surface area contributed by atoms with Gasteiger partial charge in [0.25, 0.3) is 0 Å². The SMILES string of the molecule is CNC(C)(C)C(=O)N(C)c1cc(Cl)ccc1F. The van der Waals surface area contributed by atoms with Crippen LogP contribution in [-0.4, -0.2) is 25.5 Å². The second kappa shape index (κ2) is 5.02. The van der Waals surface area contributed by atoms with Gasteiger partial charge in [-0.2, -0.15) is 0 Å². The highest BCUT2D eigenvalue weighted by Gasteiger charge is 2.30. The number of halogens is 2. The number of carbonyl (C=O) groups is 1. The first-order valence-electron chi connectivity index (χ1n) is 5.21. The number of carbonyl (C=O) groups excluding carboxylic acids is 1. The minimum absolute atomic E-state index is 0.172. The summed E-state index contributed by atoms with van der Waals surface area (Å²) in [7, 11) is 3.20. The normalized spacial score (nSPS) is 11.4. The van der Waals surface area contributed by atoms with Crippen molar-refractivity contribution < 1.29 is 9.18 Å². The summed E-state index contributed by atoms with van der Waals surface area (Å²) >= 11 is 5.79. The minimum Gasteiger partial charge on any atom is -0.311 e. The molecule has 0 saturated heterocycles. The van der Waals surface area contributed by atoms with Crippen LogP contribution in [0.15, 0.2) is 18.2 Å². The standard InChI is InChI=1S/C12H16ClFN2O/c1-12(2,15-3)11(17)16(4)10-7-8(13)5-6-9(10)14/h5-7,15H,1-4H3. The van der Waals surface area contributed by atoms with E-state index in [9.17, 15) is 9.18 Å². The van der Waals surface area contributed by atoms with Crippen LogP contribution in [0.1, 0.15) is 13.8 Å². The zero-order valence-corrected chi connectivity index (χ0v) is 11.1. The fraction of sp³-hybridized carbons (Fsp3) is 0.417. The lowest BCUT2D eigenvalue weighted by Gasteiger charge is -2.29. The molecule has 3 nitrogen and oxygen atoms in total. The number of hydrogen-bond acceptors (Lipinski definition) is 2. The Bertz CT molecular complexity index is 435. The highest BCUT2D eigenvalue weighted by molar-refractivity contribution is 6.31. The van der Waals surface area contributed by atoms with Crippen LogP contribution in [-0.2, 0) is 4.79 Å². The fourth-order valence-corrected chi connectivity index (χ4v) is 1.54. The molecule has 1 amide bonds.